The van der Waals surface area contributed by atoms with Crippen LogP contribution in [0.2, 0.25) is 0 Å². The Morgan fingerprint density at radius 2 is 2.27 bits per heavy atom. The van der Waals surface area contributed by atoms with Crippen LogP contribution in [-0.4, -0.2) is 18.6 Å². The van der Waals surface area contributed by atoms with Crippen LogP contribution in [0.15, 0.2) is 0 Å². The maximum Gasteiger partial charge on any atom is 0.309 e. The highest BCUT2D eigenvalue weighted by atomic mass is 16.5. The van der Waals surface area contributed by atoms with Gasteiger partial charge in [-0.3, -0.25) is 4.79 Å². The van der Waals surface area contributed by atoms with E-state index in [2.05, 4.69) is 6.92 Å². The number of carbonyl (C=O) groups is 1. The highest BCUT2D eigenvalue weighted by molar-refractivity contribution is 5.73. The fraction of sp³-hybridized carbons (Fsp3) is 0.917. The second-order valence-corrected chi connectivity index (χ2v) is 4.57. The molecule has 1 aliphatic rings. The largest absolute Gasteiger partial charge is 0.462 e. The number of hydrogen-bond acceptors (Lipinski definition) is 3. The molecule has 1 aliphatic carbocycles. The molecule has 3 heteroatoms. The maximum absolute atomic E-state index is 11.8. The van der Waals surface area contributed by atoms with E-state index in [9.17, 15) is 4.79 Å². The van der Waals surface area contributed by atoms with E-state index in [1.165, 1.54) is 0 Å². The zero-order valence-electron chi connectivity index (χ0n) is 9.87. The molecule has 3 nitrogen and oxygen atoms in total. The molecule has 15 heavy (non-hydrogen) atoms. The van der Waals surface area contributed by atoms with Crippen LogP contribution in [-0.2, 0) is 9.53 Å². The molecular formula is C12H23NO2. The van der Waals surface area contributed by atoms with Crippen LogP contribution in [0, 0.1) is 11.8 Å². The molecule has 1 fully saturated rings. The van der Waals surface area contributed by atoms with E-state index in [1.54, 1.807) is 0 Å². The highest BCUT2D eigenvalue weighted by Gasteiger charge is 2.33. The Bertz CT molecular complexity index is 206. The van der Waals surface area contributed by atoms with Gasteiger partial charge in [0.05, 0.1) is 12.0 Å². The Hall–Kier alpha value is -0.570. The molecule has 0 aromatic heterocycles. The molecule has 3 atom stereocenters. The van der Waals surface area contributed by atoms with Crippen LogP contribution < -0.4 is 5.73 Å². The Morgan fingerprint density at radius 3 is 2.87 bits per heavy atom. The summed E-state index contributed by atoms with van der Waals surface area (Å²) in [4.78, 5) is 11.8. The van der Waals surface area contributed by atoms with Gasteiger partial charge in [0.25, 0.3) is 0 Å². The Morgan fingerprint density at radius 1 is 1.53 bits per heavy atom. The van der Waals surface area contributed by atoms with Gasteiger partial charge in [0.1, 0.15) is 0 Å². The number of rotatable bonds is 5. The molecule has 2 N–H and O–H groups in total. The predicted octanol–water partition coefficient (Wildman–Crippen LogP) is 2.09. The molecule has 1 saturated carbocycles. The monoisotopic (exact) mass is 213 g/mol. The van der Waals surface area contributed by atoms with Crippen molar-refractivity contribution in [3.63, 3.8) is 0 Å². The van der Waals surface area contributed by atoms with E-state index in [-0.39, 0.29) is 18.0 Å². The van der Waals surface area contributed by atoms with Crippen molar-refractivity contribution in [3.05, 3.63) is 0 Å². The number of nitrogens with two attached hydrogens (primary N) is 1. The van der Waals surface area contributed by atoms with Crippen molar-refractivity contribution >= 4 is 5.97 Å². The summed E-state index contributed by atoms with van der Waals surface area (Å²) in [7, 11) is 0. The van der Waals surface area contributed by atoms with E-state index < -0.39 is 0 Å². The summed E-state index contributed by atoms with van der Waals surface area (Å²) < 4.78 is 5.41. The molecule has 0 amide bonds. The van der Waals surface area contributed by atoms with E-state index in [4.69, 9.17) is 10.5 Å². The fourth-order valence-electron chi connectivity index (χ4n) is 2.38. The molecule has 0 radical (unpaired) electrons. The third-order valence-electron chi connectivity index (χ3n) is 3.28. The van der Waals surface area contributed by atoms with Crippen molar-refractivity contribution in [2.75, 3.05) is 6.54 Å². The van der Waals surface area contributed by atoms with Gasteiger partial charge < -0.3 is 10.5 Å². The van der Waals surface area contributed by atoms with Crippen LogP contribution in [0.4, 0.5) is 0 Å². The average molecular weight is 213 g/mol. The van der Waals surface area contributed by atoms with Crippen molar-refractivity contribution in [2.24, 2.45) is 17.6 Å². The third kappa shape index (κ3) is 3.49. The van der Waals surface area contributed by atoms with E-state index in [0.717, 1.165) is 32.1 Å². The second-order valence-electron chi connectivity index (χ2n) is 4.57. The Labute approximate surface area is 92.4 Å². The first-order valence-corrected chi connectivity index (χ1v) is 6.09. The van der Waals surface area contributed by atoms with Crippen molar-refractivity contribution in [1.82, 2.24) is 0 Å². The third-order valence-corrected chi connectivity index (χ3v) is 3.28. The molecule has 3 unspecified atom stereocenters. The Balaban J connectivity index is 2.38. The number of esters is 1. The Kier molecular flexibility index (Phi) is 5.09. The van der Waals surface area contributed by atoms with Crippen molar-refractivity contribution in [1.29, 1.82) is 0 Å². The lowest BCUT2D eigenvalue weighted by molar-refractivity contribution is -0.154. The average Bonchev–Trinajstić information content (AvgIpc) is 2.65. The first-order valence-electron chi connectivity index (χ1n) is 6.09. The lowest BCUT2D eigenvalue weighted by Crippen LogP contribution is -2.29. The molecule has 0 aliphatic heterocycles. The standard InChI is InChI=1S/C12H23NO2/c1-3-5-9(2)15-12(14)11-7-4-6-10(11)8-13/h9-11H,3-8,13H2,1-2H3. The molecule has 0 aromatic rings. The fourth-order valence-corrected chi connectivity index (χ4v) is 2.38. The van der Waals surface area contributed by atoms with Crippen LogP contribution in [0.5, 0.6) is 0 Å². The van der Waals surface area contributed by atoms with Gasteiger partial charge in [-0.1, -0.05) is 19.8 Å². The van der Waals surface area contributed by atoms with Gasteiger partial charge in [0.15, 0.2) is 0 Å². The van der Waals surface area contributed by atoms with Gasteiger partial charge in [-0.15, -0.1) is 0 Å². The summed E-state index contributed by atoms with van der Waals surface area (Å²) in [5, 5.41) is 0. The number of hydrogen-bond donors (Lipinski definition) is 1. The summed E-state index contributed by atoms with van der Waals surface area (Å²) in [5.74, 6) is 0.393. The maximum atomic E-state index is 11.8. The minimum atomic E-state index is -0.0242. The van der Waals surface area contributed by atoms with Gasteiger partial charge in [0.2, 0.25) is 0 Å². The summed E-state index contributed by atoms with van der Waals surface area (Å²) >= 11 is 0. The minimum Gasteiger partial charge on any atom is -0.462 e. The van der Waals surface area contributed by atoms with Crippen molar-refractivity contribution < 1.29 is 9.53 Å². The van der Waals surface area contributed by atoms with Crippen molar-refractivity contribution in [2.45, 2.75) is 52.1 Å². The topological polar surface area (TPSA) is 52.3 Å². The van der Waals surface area contributed by atoms with Crippen LogP contribution in [0.1, 0.15) is 46.0 Å². The van der Waals surface area contributed by atoms with Crippen LogP contribution in [0.3, 0.4) is 0 Å². The summed E-state index contributed by atoms with van der Waals surface area (Å²) in [6, 6.07) is 0. The molecule has 0 saturated heterocycles. The molecule has 0 bridgehead atoms. The predicted molar refractivity (Wildman–Crippen MR) is 60.3 cm³/mol. The smallest absolute Gasteiger partial charge is 0.309 e. The van der Waals surface area contributed by atoms with Gasteiger partial charge in [-0.25, -0.2) is 0 Å². The summed E-state index contributed by atoms with van der Waals surface area (Å²) in [5.41, 5.74) is 5.64. The first kappa shape index (κ1) is 12.5. The van der Waals surface area contributed by atoms with Crippen LogP contribution >= 0.6 is 0 Å². The second kappa shape index (κ2) is 6.11. The van der Waals surface area contributed by atoms with Gasteiger partial charge >= 0.3 is 5.97 Å². The SMILES string of the molecule is CCCC(C)OC(=O)C1CCCC1CN. The zero-order chi connectivity index (χ0) is 11.3. The number of ether oxygens (including phenoxy) is 1. The lowest BCUT2D eigenvalue weighted by atomic mass is 9.96. The molecule has 0 heterocycles. The van der Waals surface area contributed by atoms with Gasteiger partial charge in [-0.05, 0) is 38.6 Å². The molecule has 0 spiro atoms. The highest BCUT2D eigenvalue weighted by Crippen LogP contribution is 2.32. The summed E-state index contributed by atoms with van der Waals surface area (Å²) in [6.07, 6.45) is 5.22. The number of carbonyl (C=O) groups excluding carboxylic acids is 1. The van der Waals surface area contributed by atoms with E-state index in [1.807, 2.05) is 6.92 Å². The van der Waals surface area contributed by atoms with E-state index >= 15 is 0 Å². The van der Waals surface area contributed by atoms with Gasteiger partial charge in [-0.2, -0.15) is 0 Å². The van der Waals surface area contributed by atoms with Crippen molar-refractivity contribution in [3.8, 4) is 0 Å². The van der Waals surface area contributed by atoms with E-state index in [0.29, 0.717) is 12.5 Å². The zero-order valence-corrected chi connectivity index (χ0v) is 9.87. The minimum absolute atomic E-state index is 0.0242. The quantitative estimate of drug-likeness (QED) is 0.711. The lowest BCUT2D eigenvalue weighted by Gasteiger charge is -2.19. The molecular weight excluding hydrogens is 190 g/mol. The molecule has 1 rings (SSSR count). The van der Waals surface area contributed by atoms with Crippen LogP contribution in [0.25, 0.3) is 0 Å². The van der Waals surface area contributed by atoms with Gasteiger partial charge in [0, 0.05) is 0 Å². The summed E-state index contributed by atoms with van der Waals surface area (Å²) in [6.45, 7) is 4.68. The normalized spacial score (nSPS) is 27.7. The molecule has 0 aromatic carbocycles. The molecule has 88 valence electrons. The first-order chi connectivity index (χ1) is 7.19.